The smallest absolute Gasteiger partial charge is 0.270 e. The average Bonchev–Trinajstić information content (AvgIpc) is 2.98. The standard InChI is InChI=1S/C22H23NO4S2/c1-4-25-17-11-8-16(9-12-17)23-21(24)20(29-22(23)28)13-15-7-10-18(26-5-2)14-19(15)27-6-3/h7-14H,4-6H2,1-3H3/b20-13-. The van der Waals surface area contributed by atoms with Crippen LogP contribution >= 0.6 is 24.0 Å². The molecule has 0 spiro atoms. The molecule has 0 aromatic heterocycles. The number of rotatable bonds is 8. The first-order chi connectivity index (χ1) is 14.1. The van der Waals surface area contributed by atoms with E-state index in [9.17, 15) is 4.79 Å². The summed E-state index contributed by atoms with van der Waals surface area (Å²) in [5.74, 6) is 2.01. The van der Waals surface area contributed by atoms with E-state index in [1.807, 2.05) is 69.3 Å². The highest BCUT2D eigenvalue weighted by Crippen LogP contribution is 2.38. The van der Waals surface area contributed by atoms with Crippen molar-refractivity contribution in [2.24, 2.45) is 0 Å². The van der Waals surface area contributed by atoms with Gasteiger partial charge in [-0.15, -0.1) is 0 Å². The fraction of sp³-hybridized carbons (Fsp3) is 0.273. The molecule has 1 aliphatic heterocycles. The van der Waals surface area contributed by atoms with Gasteiger partial charge < -0.3 is 14.2 Å². The molecule has 7 heteroatoms. The van der Waals surface area contributed by atoms with Crippen molar-refractivity contribution in [1.82, 2.24) is 0 Å². The number of amides is 1. The van der Waals surface area contributed by atoms with Crippen LogP contribution in [0.25, 0.3) is 6.08 Å². The van der Waals surface area contributed by atoms with Gasteiger partial charge in [-0.2, -0.15) is 0 Å². The number of benzene rings is 2. The van der Waals surface area contributed by atoms with Gasteiger partial charge in [-0.1, -0.05) is 24.0 Å². The quantitative estimate of drug-likeness (QED) is 0.420. The van der Waals surface area contributed by atoms with Gasteiger partial charge in [-0.25, -0.2) is 0 Å². The minimum atomic E-state index is -0.152. The predicted octanol–water partition coefficient (Wildman–Crippen LogP) is 5.29. The molecule has 1 fully saturated rings. The topological polar surface area (TPSA) is 48.0 Å². The summed E-state index contributed by atoms with van der Waals surface area (Å²) in [4.78, 5) is 15.1. The third kappa shape index (κ3) is 4.92. The fourth-order valence-electron chi connectivity index (χ4n) is 2.86. The Morgan fingerprint density at radius 2 is 1.55 bits per heavy atom. The summed E-state index contributed by atoms with van der Waals surface area (Å²) in [6.07, 6.45) is 1.81. The number of nitrogens with zero attached hydrogens (tertiary/aromatic N) is 1. The molecule has 2 aromatic rings. The van der Waals surface area contributed by atoms with E-state index in [0.717, 1.165) is 22.7 Å². The van der Waals surface area contributed by atoms with E-state index < -0.39 is 0 Å². The van der Waals surface area contributed by atoms with Crippen molar-refractivity contribution < 1.29 is 19.0 Å². The van der Waals surface area contributed by atoms with E-state index in [0.29, 0.717) is 34.8 Å². The highest BCUT2D eigenvalue weighted by atomic mass is 32.2. The lowest BCUT2D eigenvalue weighted by molar-refractivity contribution is -0.113. The van der Waals surface area contributed by atoms with Gasteiger partial charge in [-0.05, 0) is 63.2 Å². The van der Waals surface area contributed by atoms with Crippen LogP contribution in [0.4, 0.5) is 5.69 Å². The van der Waals surface area contributed by atoms with Crippen LogP contribution in [-0.4, -0.2) is 30.0 Å². The minimum Gasteiger partial charge on any atom is -0.494 e. The Balaban J connectivity index is 1.87. The number of ether oxygens (including phenoxy) is 3. The number of anilines is 1. The zero-order chi connectivity index (χ0) is 20.8. The normalized spacial score (nSPS) is 15.1. The molecular weight excluding hydrogens is 406 g/mol. The van der Waals surface area contributed by atoms with Crippen molar-refractivity contribution >= 4 is 46.0 Å². The molecule has 0 N–H and O–H groups in total. The lowest BCUT2D eigenvalue weighted by Crippen LogP contribution is -2.27. The van der Waals surface area contributed by atoms with E-state index in [4.69, 9.17) is 26.4 Å². The second-order valence-corrected chi connectivity index (χ2v) is 7.69. The highest BCUT2D eigenvalue weighted by molar-refractivity contribution is 8.27. The third-order valence-electron chi connectivity index (χ3n) is 4.08. The maximum absolute atomic E-state index is 13.0. The van der Waals surface area contributed by atoms with Gasteiger partial charge in [0.15, 0.2) is 4.32 Å². The van der Waals surface area contributed by atoms with Crippen LogP contribution in [0.3, 0.4) is 0 Å². The largest absolute Gasteiger partial charge is 0.494 e. The second kappa shape index (κ2) is 9.80. The summed E-state index contributed by atoms with van der Waals surface area (Å²) in [6.45, 7) is 7.46. The Labute approximate surface area is 180 Å². The molecule has 1 heterocycles. The van der Waals surface area contributed by atoms with Crippen molar-refractivity contribution in [3.05, 3.63) is 52.9 Å². The third-order valence-corrected chi connectivity index (χ3v) is 5.38. The summed E-state index contributed by atoms with van der Waals surface area (Å²) >= 11 is 6.74. The van der Waals surface area contributed by atoms with E-state index in [-0.39, 0.29) is 5.91 Å². The van der Waals surface area contributed by atoms with Crippen molar-refractivity contribution in [2.75, 3.05) is 24.7 Å². The summed E-state index contributed by atoms with van der Waals surface area (Å²) in [5.41, 5.74) is 1.53. The molecule has 3 rings (SSSR count). The van der Waals surface area contributed by atoms with Crippen LogP contribution < -0.4 is 19.1 Å². The molecule has 0 bridgehead atoms. The molecular formula is C22H23NO4S2. The van der Waals surface area contributed by atoms with Gasteiger partial charge in [0.05, 0.1) is 30.4 Å². The van der Waals surface area contributed by atoms with E-state index >= 15 is 0 Å². The van der Waals surface area contributed by atoms with Gasteiger partial charge in [0, 0.05) is 11.6 Å². The number of hydrogen-bond acceptors (Lipinski definition) is 6. The molecule has 0 atom stereocenters. The van der Waals surface area contributed by atoms with E-state index in [1.165, 1.54) is 16.7 Å². The van der Waals surface area contributed by atoms with Gasteiger partial charge in [0.25, 0.3) is 5.91 Å². The second-order valence-electron chi connectivity index (χ2n) is 6.01. The van der Waals surface area contributed by atoms with Gasteiger partial charge in [-0.3, -0.25) is 9.69 Å². The predicted molar refractivity (Wildman–Crippen MR) is 122 cm³/mol. The van der Waals surface area contributed by atoms with Crippen LogP contribution in [-0.2, 0) is 4.79 Å². The summed E-state index contributed by atoms with van der Waals surface area (Å²) < 4.78 is 17.2. The van der Waals surface area contributed by atoms with Crippen molar-refractivity contribution in [3.8, 4) is 17.2 Å². The van der Waals surface area contributed by atoms with Crippen LogP contribution in [0, 0.1) is 0 Å². The Morgan fingerprint density at radius 3 is 2.21 bits per heavy atom. The van der Waals surface area contributed by atoms with Crippen LogP contribution in [0.1, 0.15) is 26.3 Å². The van der Waals surface area contributed by atoms with Crippen molar-refractivity contribution in [1.29, 1.82) is 0 Å². The molecule has 0 aliphatic carbocycles. The fourth-order valence-corrected chi connectivity index (χ4v) is 4.15. The van der Waals surface area contributed by atoms with Crippen LogP contribution in [0.15, 0.2) is 47.4 Å². The van der Waals surface area contributed by atoms with Gasteiger partial charge in [0.1, 0.15) is 17.2 Å². The number of hydrogen-bond donors (Lipinski definition) is 0. The molecule has 2 aromatic carbocycles. The monoisotopic (exact) mass is 429 g/mol. The lowest BCUT2D eigenvalue weighted by Gasteiger charge is -2.15. The van der Waals surface area contributed by atoms with Crippen LogP contribution in [0.5, 0.6) is 17.2 Å². The molecule has 0 unspecified atom stereocenters. The summed E-state index contributed by atoms with van der Waals surface area (Å²) in [5, 5.41) is 0. The first-order valence-electron chi connectivity index (χ1n) is 9.47. The van der Waals surface area contributed by atoms with Gasteiger partial charge >= 0.3 is 0 Å². The Kier molecular flexibility index (Phi) is 7.17. The summed E-state index contributed by atoms with van der Waals surface area (Å²) in [7, 11) is 0. The number of carbonyl (C=O) groups is 1. The minimum absolute atomic E-state index is 0.152. The first-order valence-corrected chi connectivity index (χ1v) is 10.7. The van der Waals surface area contributed by atoms with E-state index in [1.54, 1.807) is 0 Å². The lowest BCUT2D eigenvalue weighted by atomic mass is 10.1. The maximum Gasteiger partial charge on any atom is 0.270 e. The molecule has 0 radical (unpaired) electrons. The Morgan fingerprint density at radius 1 is 0.931 bits per heavy atom. The number of thioether (sulfide) groups is 1. The van der Waals surface area contributed by atoms with Crippen LogP contribution in [0.2, 0.25) is 0 Å². The van der Waals surface area contributed by atoms with Gasteiger partial charge in [0.2, 0.25) is 0 Å². The Hall–Kier alpha value is -2.51. The highest BCUT2D eigenvalue weighted by Gasteiger charge is 2.33. The molecule has 1 aliphatic rings. The molecule has 0 saturated carbocycles. The maximum atomic E-state index is 13.0. The Bertz CT molecular complexity index is 925. The first kappa shape index (κ1) is 21.2. The van der Waals surface area contributed by atoms with E-state index in [2.05, 4.69) is 0 Å². The SMILES string of the molecule is CCOc1ccc(N2C(=O)/C(=C/c3ccc(OCC)cc3OCC)SC2=S)cc1. The summed E-state index contributed by atoms with van der Waals surface area (Å²) in [6, 6.07) is 12.9. The molecule has 1 amide bonds. The van der Waals surface area contributed by atoms with Crippen molar-refractivity contribution in [2.45, 2.75) is 20.8 Å². The number of carbonyl (C=O) groups excluding carboxylic acids is 1. The molecule has 152 valence electrons. The molecule has 1 saturated heterocycles. The molecule has 5 nitrogen and oxygen atoms in total. The zero-order valence-corrected chi connectivity index (χ0v) is 18.3. The average molecular weight is 430 g/mol. The van der Waals surface area contributed by atoms with Crippen molar-refractivity contribution in [3.63, 3.8) is 0 Å². The zero-order valence-electron chi connectivity index (χ0n) is 16.6. The number of thiocarbonyl (C=S) groups is 1. The molecule has 29 heavy (non-hydrogen) atoms.